The Balaban J connectivity index is 2.46. The second-order valence-corrected chi connectivity index (χ2v) is 5.20. The smallest absolute Gasteiger partial charge is 0.234 e. The number of likely N-dealkylation sites (N-methyl/N-ethyl adjacent to an activating group) is 1. The molecule has 5 heteroatoms. The molecule has 0 aliphatic carbocycles. The van der Waals surface area contributed by atoms with Gasteiger partial charge in [0.2, 0.25) is 5.91 Å². The minimum absolute atomic E-state index is 0.113. The number of amides is 1. The number of carbonyl (C=O) groups is 1. The summed E-state index contributed by atoms with van der Waals surface area (Å²) < 4.78 is 5.42. The molecule has 2 aromatic rings. The predicted molar refractivity (Wildman–Crippen MR) is 88.4 cm³/mol. The average Bonchev–Trinajstić information content (AvgIpc) is 2.54. The fraction of sp³-hybridized carbons (Fsp3) is 0.235. The van der Waals surface area contributed by atoms with E-state index in [4.69, 9.17) is 16.3 Å². The number of halogens is 1. The number of hydrogen-bond donors (Lipinski definition) is 2. The molecular formula is C17H19ClN2O2. The monoisotopic (exact) mass is 318 g/mol. The fourth-order valence-electron chi connectivity index (χ4n) is 2.31. The van der Waals surface area contributed by atoms with Crippen LogP contribution in [0, 0.1) is 0 Å². The van der Waals surface area contributed by atoms with E-state index < -0.39 is 0 Å². The van der Waals surface area contributed by atoms with Gasteiger partial charge in [-0.15, -0.1) is 0 Å². The summed E-state index contributed by atoms with van der Waals surface area (Å²) in [5.74, 6) is 0.593. The molecule has 0 spiro atoms. The number of hydrogen-bond acceptors (Lipinski definition) is 3. The first-order valence-corrected chi connectivity index (χ1v) is 7.36. The minimum atomic E-state index is -0.370. The number of ether oxygens (including phenoxy) is 1. The van der Waals surface area contributed by atoms with E-state index in [2.05, 4.69) is 10.6 Å². The van der Waals surface area contributed by atoms with E-state index in [0.717, 1.165) is 11.1 Å². The van der Waals surface area contributed by atoms with Crippen molar-refractivity contribution in [2.75, 3.05) is 20.7 Å². The minimum Gasteiger partial charge on any atom is -0.496 e. The Morgan fingerprint density at radius 1 is 1.14 bits per heavy atom. The van der Waals surface area contributed by atoms with E-state index in [1.165, 1.54) is 0 Å². The normalized spacial score (nSPS) is 11.8. The van der Waals surface area contributed by atoms with Crippen molar-refractivity contribution in [1.29, 1.82) is 0 Å². The zero-order valence-corrected chi connectivity index (χ0v) is 13.4. The maximum absolute atomic E-state index is 12.1. The van der Waals surface area contributed by atoms with Crippen LogP contribution in [0.15, 0.2) is 48.5 Å². The van der Waals surface area contributed by atoms with Gasteiger partial charge in [0.1, 0.15) is 5.75 Å². The molecule has 0 unspecified atom stereocenters. The third-order valence-corrected chi connectivity index (χ3v) is 3.65. The Kier molecular flexibility index (Phi) is 5.81. The van der Waals surface area contributed by atoms with E-state index in [0.29, 0.717) is 10.8 Å². The molecule has 2 rings (SSSR count). The molecule has 0 radical (unpaired) electrons. The zero-order valence-electron chi connectivity index (χ0n) is 12.6. The lowest BCUT2D eigenvalue weighted by Gasteiger charge is -2.22. The third-order valence-electron chi connectivity index (χ3n) is 3.31. The van der Waals surface area contributed by atoms with Crippen LogP contribution in [0.1, 0.15) is 17.2 Å². The van der Waals surface area contributed by atoms with E-state index in [-0.39, 0.29) is 18.5 Å². The summed E-state index contributed by atoms with van der Waals surface area (Å²) in [7, 11) is 3.34. The highest BCUT2D eigenvalue weighted by Crippen LogP contribution is 2.33. The van der Waals surface area contributed by atoms with Crippen LogP contribution in [0.3, 0.4) is 0 Å². The fourth-order valence-corrected chi connectivity index (χ4v) is 2.55. The van der Waals surface area contributed by atoms with Gasteiger partial charge in [-0.05, 0) is 24.7 Å². The number of para-hydroxylation sites is 1. The van der Waals surface area contributed by atoms with E-state index in [1.54, 1.807) is 14.2 Å². The van der Waals surface area contributed by atoms with Crippen molar-refractivity contribution < 1.29 is 9.53 Å². The van der Waals surface area contributed by atoms with Crippen molar-refractivity contribution in [1.82, 2.24) is 10.6 Å². The van der Waals surface area contributed by atoms with E-state index >= 15 is 0 Å². The molecular weight excluding hydrogens is 300 g/mol. The summed E-state index contributed by atoms with van der Waals surface area (Å²) in [5, 5.41) is 6.44. The molecule has 0 saturated heterocycles. The Hall–Kier alpha value is -2.04. The molecule has 0 saturated carbocycles. The largest absolute Gasteiger partial charge is 0.496 e. The molecule has 2 aromatic carbocycles. The van der Waals surface area contributed by atoms with Crippen LogP contribution in [0.25, 0.3) is 0 Å². The molecule has 0 aliphatic rings. The average molecular weight is 319 g/mol. The SMILES string of the molecule is CNCC(=O)N[C@H](c1ccccc1Cl)c1ccccc1OC. The number of nitrogens with one attached hydrogen (secondary N) is 2. The summed E-state index contributed by atoms with van der Waals surface area (Å²) in [6, 6.07) is 14.7. The summed E-state index contributed by atoms with van der Waals surface area (Å²) in [6.07, 6.45) is 0. The molecule has 0 bridgehead atoms. The molecule has 0 aliphatic heterocycles. The van der Waals surface area contributed by atoms with Crippen molar-refractivity contribution in [3.63, 3.8) is 0 Å². The summed E-state index contributed by atoms with van der Waals surface area (Å²) >= 11 is 6.32. The molecule has 4 nitrogen and oxygen atoms in total. The molecule has 0 aromatic heterocycles. The number of methoxy groups -OCH3 is 1. The van der Waals surface area contributed by atoms with Crippen LogP contribution in [-0.4, -0.2) is 26.6 Å². The maximum atomic E-state index is 12.1. The van der Waals surface area contributed by atoms with Gasteiger partial charge in [0.05, 0.1) is 19.7 Å². The van der Waals surface area contributed by atoms with Crippen LogP contribution < -0.4 is 15.4 Å². The first-order chi connectivity index (χ1) is 10.7. The predicted octanol–water partition coefficient (Wildman–Crippen LogP) is 2.77. The van der Waals surface area contributed by atoms with Crippen LogP contribution in [0.2, 0.25) is 5.02 Å². The van der Waals surface area contributed by atoms with Crippen LogP contribution in [0.5, 0.6) is 5.75 Å². The van der Waals surface area contributed by atoms with E-state index in [1.807, 2.05) is 48.5 Å². The van der Waals surface area contributed by atoms with Crippen LogP contribution in [0.4, 0.5) is 0 Å². The first-order valence-electron chi connectivity index (χ1n) is 6.98. The van der Waals surface area contributed by atoms with Crippen LogP contribution in [-0.2, 0) is 4.79 Å². The van der Waals surface area contributed by atoms with Gasteiger partial charge in [-0.3, -0.25) is 4.79 Å². The number of rotatable bonds is 6. The van der Waals surface area contributed by atoms with E-state index in [9.17, 15) is 4.79 Å². The second-order valence-electron chi connectivity index (χ2n) is 4.79. The summed E-state index contributed by atoms with van der Waals surface area (Å²) in [6.45, 7) is 0.232. The molecule has 2 N–H and O–H groups in total. The van der Waals surface area contributed by atoms with Gasteiger partial charge >= 0.3 is 0 Å². The number of carbonyl (C=O) groups excluding carboxylic acids is 1. The van der Waals surface area contributed by atoms with Gasteiger partial charge in [-0.1, -0.05) is 48.0 Å². The molecule has 1 atom stereocenters. The van der Waals surface area contributed by atoms with Crippen LogP contribution >= 0.6 is 11.6 Å². The van der Waals surface area contributed by atoms with Crippen molar-refractivity contribution in [2.24, 2.45) is 0 Å². The highest BCUT2D eigenvalue weighted by atomic mass is 35.5. The molecule has 116 valence electrons. The number of benzene rings is 2. The molecule has 1 amide bonds. The third kappa shape index (κ3) is 3.78. The standard InChI is InChI=1S/C17H19ClN2O2/c1-19-11-16(21)20-17(12-7-3-5-9-14(12)18)13-8-4-6-10-15(13)22-2/h3-10,17,19H,11H2,1-2H3,(H,20,21)/t17-/m1/s1. The maximum Gasteiger partial charge on any atom is 0.234 e. The first kappa shape index (κ1) is 16.3. The second kappa shape index (κ2) is 7.82. The van der Waals surface area contributed by atoms with Crippen molar-refractivity contribution in [3.05, 3.63) is 64.7 Å². The Labute approximate surface area is 135 Å². The molecule has 0 heterocycles. The highest BCUT2D eigenvalue weighted by Gasteiger charge is 2.21. The lowest BCUT2D eigenvalue weighted by atomic mass is 9.97. The Bertz CT molecular complexity index is 646. The Morgan fingerprint density at radius 3 is 2.41 bits per heavy atom. The van der Waals surface area contributed by atoms with Gasteiger partial charge in [0.25, 0.3) is 0 Å². The van der Waals surface area contributed by atoms with Gasteiger partial charge in [-0.2, -0.15) is 0 Å². The molecule has 0 fully saturated rings. The molecule has 22 heavy (non-hydrogen) atoms. The van der Waals surface area contributed by atoms with Gasteiger partial charge in [0, 0.05) is 10.6 Å². The Morgan fingerprint density at radius 2 is 1.77 bits per heavy atom. The lowest BCUT2D eigenvalue weighted by Crippen LogP contribution is -2.35. The van der Waals surface area contributed by atoms with Gasteiger partial charge < -0.3 is 15.4 Å². The summed E-state index contributed by atoms with van der Waals surface area (Å²) in [5.41, 5.74) is 1.70. The quantitative estimate of drug-likeness (QED) is 0.861. The summed E-state index contributed by atoms with van der Waals surface area (Å²) in [4.78, 5) is 12.1. The zero-order chi connectivity index (χ0) is 15.9. The lowest BCUT2D eigenvalue weighted by molar-refractivity contribution is -0.120. The van der Waals surface area contributed by atoms with Crippen molar-refractivity contribution in [3.8, 4) is 5.75 Å². The van der Waals surface area contributed by atoms with Gasteiger partial charge in [-0.25, -0.2) is 0 Å². The topological polar surface area (TPSA) is 50.4 Å². The van der Waals surface area contributed by atoms with Crippen molar-refractivity contribution >= 4 is 17.5 Å². The van der Waals surface area contributed by atoms with Crippen molar-refractivity contribution in [2.45, 2.75) is 6.04 Å². The highest BCUT2D eigenvalue weighted by molar-refractivity contribution is 6.31. The van der Waals surface area contributed by atoms with Gasteiger partial charge in [0.15, 0.2) is 0 Å².